The molecule has 6 heteroatoms. The minimum atomic E-state index is -0.622. The van der Waals surface area contributed by atoms with Crippen molar-refractivity contribution in [1.82, 2.24) is 15.0 Å². The number of nitrogens with two attached hydrogens (primary N) is 1. The van der Waals surface area contributed by atoms with E-state index in [1.807, 2.05) is 18.2 Å². The van der Waals surface area contributed by atoms with Crippen molar-refractivity contribution >= 4 is 16.9 Å². The van der Waals surface area contributed by atoms with Gasteiger partial charge in [-0.25, -0.2) is 9.97 Å². The van der Waals surface area contributed by atoms with Crippen LogP contribution in [0.3, 0.4) is 0 Å². The zero-order valence-electron chi connectivity index (χ0n) is 9.83. The lowest BCUT2D eigenvalue weighted by atomic mass is 10.3. The Morgan fingerprint density at radius 3 is 2.79 bits per heavy atom. The number of ether oxygens (including phenoxy) is 1. The highest BCUT2D eigenvalue weighted by Crippen LogP contribution is 2.26. The van der Waals surface area contributed by atoms with Crippen molar-refractivity contribution in [3.63, 3.8) is 0 Å². The molecule has 3 aromatic rings. The number of aromatic nitrogens is 3. The molecule has 94 valence electrons. The zero-order chi connectivity index (χ0) is 13.2. The lowest BCUT2D eigenvalue weighted by Crippen LogP contribution is -2.13. The van der Waals surface area contributed by atoms with E-state index in [1.54, 1.807) is 12.1 Å². The van der Waals surface area contributed by atoms with Gasteiger partial charge in [-0.1, -0.05) is 18.2 Å². The Bertz CT molecular complexity index is 737. The van der Waals surface area contributed by atoms with Gasteiger partial charge in [-0.05, 0) is 18.2 Å². The summed E-state index contributed by atoms with van der Waals surface area (Å²) in [5, 5.41) is 0. The van der Waals surface area contributed by atoms with Crippen LogP contribution >= 0.6 is 0 Å². The van der Waals surface area contributed by atoms with Crippen LogP contribution in [0.25, 0.3) is 11.0 Å². The number of benzene rings is 1. The third-order valence-electron chi connectivity index (χ3n) is 2.59. The minimum absolute atomic E-state index is 0.116. The van der Waals surface area contributed by atoms with Gasteiger partial charge in [0, 0.05) is 0 Å². The monoisotopic (exact) mass is 254 g/mol. The van der Waals surface area contributed by atoms with Gasteiger partial charge in [-0.2, -0.15) is 0 Å². The van der Waals surface area contributed by atoms with E-state index in [2.05, 4.69) is 15.0 Å². The van der Waals surface area contributed by atoms with Crippen LogP contribution in [0.2, 0.25) is 0 Å². The zero-order valence-corrected chi connectivity index (χ0v) is 9.83. The van der Waals surface area contributed by atoms with E-state index in [0.717, 1.165) is 0 Å². The number of para-hydroxylation sites is 1. The van der Waals surface area contributed by atoms with E-state index in [0.29, 0.717) is 16.8 Å². The van der Waals surface area contributed by atoms with Gasteiger partial charge < -0.3 is 15.5 Å². The fourth-order valence-electron chi connectivity index (χ4n) is 1.71. The summed E-state index contributed by atoms with van der Waals surface area (Å²) in [7, 11) is 0. The molecule has 0 bridgehead atoms. The van der Waals surface area contributed by atoms with Crippen molar-refractivity contribution < 1.29 is 9.53 Å². The fourth-order valence-corrected chi connectivity index (χ4v) is 1.71. The smallest absolute Gasteiger partial charge is 0.267 e. The molecule has 0 saturated heterocycles. The quantitative estimate of drug-likeness (QED) is 0.745. The summed E-state index contributed by atoms with van der Waals surface area (Å²) in [4.78, 5) is 22.3. The number of fused-ring (bicyclic) bond motifs is 1. The molecule has 0 radical (unpaired) electrons. The summed E-state index contributed by atoms with van der Waals surface area (Å²) < 4.78 is 5.65. The summed E-state index contributed by atoms with van der Waals surface area (Å²) >= 11 is 0. The first kappa shape index (κ1) is 11.2. The SMILES string of the molecule is NC(=O)c1cc2nc[nH]c2c(Oc2ccccc2)n1. The summed E-state index contributed by atoms with van der Waals surface area (Å²) in [6.45, 7) is 0. The molecule has 0 fully saturated rings. The number of amides is 1. The van der Waals surface area contributed by atoms with Crippen LogP contribution in [0.4, 0.5) is 0 Å². The van der Waals surface area contributed by atoms with Crippen molar-refractivity contribution in [3.05, 3.63) is 48.4 Å². The van der Waals surface area contributed by atoms with E-state index in [-0.39, 0.29) is 11.6 Å². The first-order valence-corrected chi connectivity index (χ1v) is 5.61. The number of imidazole rings is 1. The Balaban J connectivity index is 2.11. The highest BCUT2D eigenvalue weighted by Gasteiger charge is 2.13. The second-order valence-corrected chi connectivity index (χ2v) is 3.89. The van der Waals surface area contributed by atoms with Crippen LogP contribution in [0.15, 0.2) is 42.7 Å². The summed E-state index contributed by atoms with van der Waals surface area (Å²) in [5.74, 6) is 0.269. The van der Waals surface area contributed by atoms with E-state index >= 15 is 0 Å². The van der Waals surface area contributed by atoms with E-state index in [4.69, 9.17) is 10.5 Å². The standard InChI is InChI=1S/C13H10N4O2/c14-12(18)10-6-9-11(16-7-15-9)13(17-10)19-8-4-2-1-3-5-8/h1-7H,(H2,14,18)(H,15,16). The van der Waals surface area contributed by atoms with Crippen LogP contribution < -0.4 is 10.5 Å². The van der Waals surface area contributed by atoms with Gasteiger partial charge in [0.2, 0.25) is 5.88 Å². The second-order valence-electron chi connectivity index (χ2n) is 3.89. The van der Waals surface area contributed by atoms with Crippen LogP contribution in [-0.4, -0.2) is 20.9 Å². The number of rotatable bonds is 3. The largest absolute Gasteiger partial charge is 0.437 e. The molecule has 2 heterocycles. The van der Waals surface area contributed by atoms with Crippen molar-refractivity contribution in [2.45, 2.75) is 0 Å². The maximum atomic E-state index is 11.2. The first-order valence-electron chi connectivity index (χ1n) is 5.61. The van der Waals surface area contributed by atoms with Gasteiger partial charge in [0.25, 0.3) is 5.91 Å². The molecular formula is C13H10N4O2. The number of hydrogen-bond acceptors (Lipinski definition) is 4. The molecule has 0 spiro atoms. The van der Waals surface area contributed by atoms with Crippen molar-refractivity contribution in [1.29, 1.82) is 0 Å². The number of hydrogen-bond donors (Lipinski definition) is 2. The van der Waals surface area contributed by atoms with Gasteiger partial charge >= 0.3 is 0 Å². The second kappa shape index (κ2) is 4.41. The average molecular weight is 254 g/mol. The molecule has 1 amide bonds. The average Bonchev–Trinajstić information content (AvgIpc) is 2.88. The summed E-state index contributed by atoms with van der Waals surface area (Å²) in [6, 6.07) is 10.7. The van der Waals surface area contributed by atoms with Gasteiger partial charge in [-0.3, -0.25) is 4.79 Å². The van der Waals surface area contributed by atoms with Gasteiger partial charge in [0.05, 0.1) is 11.8 Å². The summed E-state index contributed by atoms with van der Waals surface area (Å²) in [5.41, 5.74) is 6.55. The molecule has 2 aromatic heterocycles. The van der Waals surface area contributed by atoms with E-state index in [1.165, 1.54) is 12.4 Å². The predicted molar refractivity (Wildman–Crippen MR) is 68.9 cm³/mol. The molecule has 0 aliphatic heterocycles. The number of nitrogens with zero attached hydrogens (tertiary/aromatic N) is 2. The maximum absolute atomic E-state index is 11.2. The number of nitrogens with one attached hydrogen (secondary N) is 1. The topological polar surface area (TPSA) is 93.9 Å². The lowest BCUT2D eigenvalue weighted by Gasteiger charge is -2.06. The molecule has 3 rings (SSSR count). The molecule has 0 atom stereocenters. The molecule has 0 saturated carbocycles. The van der Waals surface area contributed by atoms with Crippen molar-refractivity contribution in [2.24, 2.45) is 5.73 Å². The molecule has 0 aliphatic carbocycles. The Morgan fingerprint density at radius 2 is 2.05 bits per heavy atom. The summed E-state index contributed by atoms with van der Waals surface area (Å²) in [6.07, 6.45) is 1.51. The first-order chi connectivity index (χ1) is 9.24. The Labute approximate surface area is 108 Å². The van der Waals surface area contributed by atoms with Gasteiger partial charge in [-0.15, -0.1) is 0 Å². The molecule has 19 heavy (non-hydrogen) atoms. The molecule has 0 aliphatic rings. The van der Waals surface area contributed by atoms with Crippen LogP contribution in [-0.2, 0) is 0 Å². The number of carbonyl (C=O) groups excluding carboxylic acids is 1. The van der Waals surface area contributed by atoms with Crippen molar-refractivity contribution in [2.75, 3.05) is 0 Å². The number of primary amides is 1. The third-order valence-corrected chi connectivity index (χ3v) is 2.59. The van der Waals surface area contributed by atoms with Gasteiger partial charge in [0.15, 0.2) is 0 Å². The Kier molecular flexibility index (Phi) is 2.60. The number of carbonyl (C=O) groups is 1. The van der Waals surface area contributed by atoms with Gasteiger partial charge in [0.1, 0.15) is 17.0 Å². The van der Waals surface area contributed by atoms with E-state index < -0.39 is 5.91 Å². The normalized spacial score (nSPS) is 10.5. The highest BCUT2D eigenvalue weighted by molar-refractivity contribution is 5.95. The Hall–Kier alpha value is -2.89. The van der Waals surface area contributed by atoms with E-state index in [9.17, 15) is 4.79 Å². The third kappa shape index (κ3) is 2.11. The number of pyridine rings is 1. The van der Waals surface area contributed by atoms with Crippen molar-refractivity contribution in [3.8, 4) is 11.6 Å². The highest BCUT2D eigenvalue weighted by atomic mass is 16.5. The number of aromatic amines is 1. The van der Waals surface area contributed by atoms with Crippen LogP contribution in [0, 0.1) is 0 Å². The number of H-pyrrole nitrogens is 1. The predicted octanol–water partition coefficient (Wildman–Crippen LogP) is 1.85. The van der Waals surface area contributed by atoms with Crippen LogP contribution in [0.5, 0.6) is 11.6 Å². The minimum Gasteiger partial charge on any atom is -0.437 e. The Morgan fingerprint density at radius 1 is 1.26 bits per heavy atom. The lowest BCUT2D eigenvalue weighted by molar-refractivity contribution is 0.0995. The maximum Gasteiger partial charge on any atom is 0.267 e. The molecule has 6 nitrogen and oxygen atoms in total. The van der Waals surface area contributed by atoms with Crippen LogP contribution in [0.1, 0.15) is 10.5 Å². The molecule has 3 N–H and O–H groups in total. The molecule has 1 aromatic carbocycles. The molecule has 0 unspecified atom stereocenters. The molecular weight excluding hydrogens is 244 g/mol. The fraction of sp³-hybridized carbons (Fsp3) is 0.